The molecular weight excluding hydrogens is 259 g/mol. The molecule has 0 unspecified atom stereocenters. The van der Waals surface area contributed by atoms with Crippen LogP contribution in [0.3, 0.4) is 0 Å². The number of hydrogen-bond acceptors (Lipinski definition) is 3. The van der Waals surface area contributed by atoms with Gasteiger partial charge in [0.15, 0.2) is 5.17 Å². The molecule has 2 aliphatic heterocycles. The second-order valence-electron chi connectivity index (χ2n) is 5.33. The third kappa shape index (κ3) is 1.81. The van der Waals surface area contributed by atoms with Crippen molar-refractivity contribution < 1.29 is 4.39 Å². The molecule has 1 aliphatic carbocycles. The van der Waals surface area contributed by atoms with Gasteiger partial charge in [0.25, 0.3) is 0 Å². The van der Waals surface area contributed by atoms with Gasteiger partial charge in [-0.05, 0) is 42.7 Å². The van der Waals surface area contributed by atoms with Crippen LogP contribution in [-0.2, 0) is 0 Å². The molecule has 4 heteroatoms. The first-order valence-electron chi connectivity index (χ1n) is 6.83. The van der Waals surface area contributed by atoms with Gasteiger partial charge < -0.3 is 4.90 Å². The van der Waals surface area contributed by atoms with Crippen molar-refractivity contribution in [2.24, 2.45) is 4.99 Å². The molecular formula is C15H15FN2S. The Kier molecular flexibility index (Phi) is 2.65. The van der Waals surface area contributed by atoms with Crippen molar-refractivity contribution in [1.29, 1.82) is 0 Å². The molecule has 2 heterocycles. The lowest BCUT2D eigenvalue weighted by Crippen LogP contribution is -2.38. The highest BCUT2D eigenvalue weighted by molar-refractivity contribution is 8.16. The summed E-state index contributed by atoms with van der Waals surface area (Å²) in [6, 6.07) is 7.78. The third-order valence-electron chi connectivity index (χ3n) is 4.18. The molecule has 0 saturated heterocycles. The first-order valence-corrected chi connectivity index (χ1v) is 7.71. The van der Waals surface area contributed by atoms with Gasteiger partial charge in [0.2, 0.25) is 0 Å². The quantitative estimate of drug-likeness (QED) is 0.773. The van der Waals surface area contributed by atoms with E-state index in [1.165, 1.54) is 43.5 Å². The number of hydrogen-bond donors (Lipinski definition) is 0. The molecule has 2 atom stereocenters. The molecule has 0 radical (unpaired) electrons. The second kappa shape index (κ2) is 4.37. The molecule has 1 fully saturated rings. The van der Waals surface area contributed by atoms with Crippen LogP contribution in [0.15, 0.2) is 34.7 Å². The molecule has 1 saturated carbocycles. The summed E-state index contributed by atoms with van der Waals surface area (Å²) in [5, 5.41) is 3.29. The molecule has 1 aromatic rings. The van der Waals surface area contributed by atoms with Gasteiger partial charge in [0.05, 0.1) is 17.8 Å². The summed E-state index contributed by atoms with van der Waals surface area (Å²) in [6.45, 7) is 0. The van der Waals surface area contributed by atoms with Crippen LogP contribution in [0.2, 0.25) is 0 Å². The van der Waals surface area contributed by atoms with Crippen LogP contribution in [0.25, 0.3) is 5.70 Å². The molecule has 0 bridgehead atoms. The van der Waals surface area contributed by atoms with Crippen molar-refractivity contribution in [1.82, 2.24) is 4.90 Å². The number of halogens is 1. The lowest BCUT2D eigenvalue weighted by Gasteiger charge is -2.32. The van der Waals surface area contributed by atoms with Crippen LogP contribution in [0.1, 0.15) is 31.2 Å². The Bertz CT molecular complexity index is 564. The predicted molar refractivity (Wildman–Crippen MR) is 77.3 cm³/mol. The minimum atomic E-state index is -0.180. The number of nitrogens with zero attached hydrogens (tertiary/aromatic N) is 2. The fourth-order valence-corrected chi connectivity index (χ4v) is 4.26. The first kappa shape index (κ1) is 11.5. The van der Waals surface area contributed by atoms with E-state index >= 15 is 0 Å². The van der Waals surface area contributed by atoms with Crippen molar-refractivity contribution in [2.75, 3.05) is 0 Å². The van der Waals surface area contributed by atoms with Crippen LogP contribution < -0.4 is 0 Å². The maximum absolute atomic E-state index is 13.0. The van der Waals surface area contributed by atoms with Crippen LogP contribution in [0, 0.1) is 5.82 Å². The maximum Gasteiger partial charge on any atom is 0.168 e. The molecule has 0 spiro atoms. The zero-order valence-electron chi connectivity index (χ0n) is 10.6. The molecule has 3 aliphatic rings. The van der Waals surface area contributed by atoms with Crippen molar-refractivity contribution in [2.45, 2.75) is 37.8 Å². The number of rotatable bonds is 1. The highest BCUT2D eigenvalue weighted by Gasteiger charge is 2.41. The minimum absolute atomic E-state index is 0.180. The van der Waals surface area contributed by atoms with E-state index < -0.39 is 0 Å². The van der Waals surface area contributed by atoms with Gasteiger partial charge in [-0.15, -0.1) is 0 Å². The lowest BCUT2D eigenvalue weighted by atomic mass is 9.90. The van der Waals surface area contributed by atoms with Gasteiger partial charge in [0.1, 0.15) is 5.82 Å². The molecule has 0 amide bonds. The lowest BCUT2D eigenvalue weighted by molar-refractivity contribution is 0.305. The van der Waals surface area contributed by atoms with Gasteiger partial charge in [-0.2, -0.15) is 0 Å². The topological polar surface area (TPSA) is 15.6 Å². The standard InChI is InChI=1S/C15H15FN2S/c16-11-7-5-10(6-8-11)14-9-19-15-17-12-3-1-2-4-13(12)18(14)15/h5-9,12-13H,1-4H2/t12-,13-/m0/s1. The smallest absolute Gasteiger partial charge is 0.168 e. The Morgan fingerprint density at radius 2 is 1.95 bits per heavy atom. The van der Waals surface area contributed by atoms with Crippen molar-refractivity contribution >= 4 is 22.6 Å². The van der Waals surface area contributed by atoms with Gasteiger partial charge in [-0.3, -0.25) is 4.99 Å². The van der Waals surface area contributed by atoms with Gasteiger partial charge in [-0.25, -0.2) is 4.39 Å². The average Bonchev–Trinajstić information content (AvgIpc) is 2.98. The largest absolute Gasteiger partial charge is 0.315 e. The number of fused-ring (bicyclic) bond motifs is 3. The summed E-state index contributed by atoms with van der Waals surface area (Å²) < 4.78 is 13.0. The Balaban J connectivity index is 1.68. The van der Waals surface area contributed by atoms with Crippen LogP contribution in [0.4, 0.5) is 4.39 Å². The summed E-state index contributed by atoms with van der Waals surface area (Å²) in [6.07, 6.45) is 5.02. The van der Waals surface area contributed by atoms with Gasteiger partial charge in [0, 0.05) is 5.41 Å². The highest BCUT2D eigenvalue weighted by atomic mass is 32.2. The summed E-state index contributed by atoms with van der Waals surface area (Å²) in [5.41, 5.74) is 2.28. The van der Waals surface area contributed by atoms with E-state index in [1.807, 2.05) is 12.1 Å². The molecule has 1 aromatic carbocycles. The average molecular weight is 274 g/mol. The zero-order valence-corrected chi connectivity index (χ0v) is 11.4. The maximum atomic E-state index is 13.0. The molecule has 0 N–H and O–H groups in total. The summed E-state index contributed by atoms with van der Waals surface area (Å²) in [4.78, 5) is 7.22. The van der Waals surface area contributed by atoms with Crippen molar-refractivity contribution in [3.8, 4) is 0 Å². The molecule has 98 valence electrons. The van der Waals surface area contributed by atoms with E-state index in [0.29, 0.717) is 12.1 Å². The number of amidine groups is 1. The third-order valence-corrected chi connectivity index (χ3v) is 5.04. The fourth-order valence-electron chi connectivity index (χ4n) is 3.25. The van der Waals surface area contributed by atoms with Crippen LogP contribution in [-0.4, -0.2) is 22.2 Å². The normalized spacial score (nSPS) is 28.8. The predicted octanol–water partition coefficient (Wildman–Crippen LogP) is 3.85. The summed E-state index contributed by atoms with van der Waals surface area (Å²) in [5.74, 6) is -0.180. The van der Waals surface area contributed by atoms with E-state index in [9.17, 15) is 4.39 Å². The van der Waals surface area contributed by atoms with E-state index in [4.69, 9.17) is 4.99 Å². The Morgan fingerprint density at radius 1 is 1.16 bits per heavy atom. The molecule has 4 rings (SSSR count). The van der Waals surface area contributed by atoms with Gasteiger partial charge in [-0.1, -0.05) is 24.6 Å². The SMILES string of the molecule is Fc1ccc(C2=CSC3=N[C@H]4CCCC[C@@H]4N23)cc1. The second-order valence-corrected chi connectivity index (χ2v) is 6.17. The Morgan fingerprint density at radius 3 is 2.79 bits per heavy atom. The Hall–Kier alpha value is -1.29. The molecule has 19 heavy (non-hydrogen) atoms. The fraction of sp³-hybridized carbons (Fsp3) is 0.400. The summed E-state index contributed by atoms with van der Waals surface area (Å²) in [7, 11) is 0. The zero-order chi connectivity index (χ0) is 12.8. The Labute approximate surface area is 116 Å². The molecule has 0 aromatic heterocycles. The van der Waals surface area contributed by atoms with Crippen LogP contribution in [0.5, 0.6) is 0 Å². The number of thioether (sulfide) groups is 1. The number of benzene rings is 1. The van der Waals surface area contributed by atoms with E-state index in [0.717, 1.165) is 10.7 Å². The van der Waals surface area contributed by atoms with Crippen LogP contribution >= 0.6 is 11.8 Å². The minimum Gasteiger partial charge on any atom is -0.315 e. The van der Waals surface area contributed by atoms with Gasteiger partial charge >= 0.3 is 0 Å². The van der Waals surface area contributed by atoms with E-state index in [1.54, 1.807) is 11.8 Å². The summed E-state index contributed by atoms with van der Waals surface area (Å²) >= 11 is 1.71. The van der Waals surface area contributed by atoms with E-state index in [-0.39, 0.29) is 5.82 Å². The monoisotopic (exact) mass is 274 g/mol. The van der Waals surface area contributed by atoms with Crippen molar-refractivity contribution in [3.05, 3.63) is 41.1 Å². The van der Waals surface area contributed by atoms with E-state index in [2.05, 4.69) is 10.3 Å². The number of aliphatic imine (C=N–C) groups is 1. The van der Waals surface area contributed by atoms with Crippen molar-refractivity contribution in [3.63, 3.8) is 0 Å². The highest BCUT2D eigenvalue weighted by Crippen LogP contribution is 2.43. The molecule has 2 nitrogen and oxygen atoms in total. The first-order chi connectivity index (χ1) is 9.33.